The van der Waals surface area contributed by atoms with Crippen molar-refractivity contribution < 1.29 is 14.2 Å². The smallest absolute Gasteiger partial charge is 0.197 e. The highest BCUT2D eigenvalue weighted by Gasteiger charge is 2.15. The Kier molecular flexibility index (Phi) is 9.07. The average molecular weight is 411 g/mol. The zero-order valence-electron chi connectivity index (χ0n) is 18.9. The number of ether oxygens (including phenoxy) is 3. The van der Waals surface area contributed by atoms with E-state index in [4.69, 9.17) is 14.2 Å². The van der Waals surface area contributed by atoms with Crippen LogP contribution in [0.1, 0.15) is 88.7 Å². The Morgan fingerprint density at radius 2 is 1.43 bits per heavy atom. The summed E-state index contributed by atoms with van der Waals surface area (Å²) in [5.74, 6) is 3.11. The predicted molar refractivity (Wildman–Crippen MR) is 124 cm³/mol. The van der Waals surface area contributed by atoms with E-state index in [-0.39, 0.29) is 6.29 Å². The van der Waals surface area contributed by atoms with Gasteiger partial charge in [-0.25, -0.2) is 0 Å². The molecule has 1 aliphatic rings. The SMILES string of the molecule is CCC(CC)c1ccc(OC(C)OCCOc2ccc(C3CCCCC3)cc2)cc1. The van der Waals surface area contributed by atoms with Gasteiger partial charge in [0.05, 0.1) is 6.61 Å². The molecule has 0 aromatic heterocycles. The van der Waals surface area contributed by atoms with Gasteiger partial charge < -0.3 is 14.2 Å². The molecule has 0 radical (unpaired) electrons. The highest BCUT2D eigenvalue weighted by atomic mass is 16.7. The third-order valence-electron chi connectivity index (χ3n) is 6.30. The standard InChI is InChI=1S/C27H38O3/c1-4-22(5-2)24-13-17-27(18-14-24)30-21(3)28-19-20-29-26-15-11-25(12-16-26)23-9-7-6-8-10-23/h11-18,21-23H,4-10,19-20H2,1-3H3. The van der Waals surface area contributed by atoms with Crippen molar-refractivity contribution in [3.63, 3.8) is 0 Å². The van der Waals surface area contributed by atoms with E-state index in [1.807, 2.05) is 19.1 Å². The van der Waals surface area contributed by atoms with E-state index in [0.717, 1.165) is 17.4 Å². The van der Waals surface area contributed by atoms with Crippen molar-refractivity contribution in [1.82, 2.24) is 0 Å². The summed E-state index contributed by atoms with van der Waals surface area (Å²) in [6.07, 6.45) is 8.80. The Labute approximate surface area is 182 Å². The molecular weight excluding hydrogens is 372 g/mol. The second kappa shape index (κ2) is 12.0. The summed E-state index contributed by atoms with van der Waals surface area (Å²) in [5, 5.41) is 0. The molecule has 0 amide bonds. The molecule has 3 rings (SSSR count). The normalized spacial score (nSPS) is 15.9. The number of rotatable bonds is 11. The first kappa shape index (κ1) is 22.7. The van der Waals surface area contributed by atoms with Crippen molar-refractivity contribution >= 4 is 0 Å². The third-order valence-corrected chi connectivity index (χ3v) is 6.30. The maximum Gasteiger partial charge on any atom is 0.197 e. The van der Waals surface area contributed by atoms with Crippen molar-refractivity contribution in [1.29, 1.82) is 0 Å². The highest BCUT2D eigenvalue weighted by molar-refractivity contribution is 5.30. The van der Waals surface area contributed by atoms with Gasteiger partial charge in [-0.2, -0.15) is 0 Å². The molecule has 1 aliphatic carbocycles. The lowest BCUT2D eigenvalue weighted by atomic mass is 9.84. The van der Waals surface area contributed by atoms with Crippen LogP contribution in [0.25, 0.3) is 0 Å². The molecule has 164 valence electrons. The molecule has 0 heterocycles. The lowest BCUT2D eigenvalue weighted by Crippen LogP contribution is -2.19. The molecule has 1 saturated carbocycles. The van der Waals surface area contributed by atoms with Crippen LogP contribution < -0.4 is 9.47 Å². The van der Waals surface area contributed by atoms with E-state index in [1.165, 1.54) is 56.1 Å². The Balaban J connectivity index is 1.36. The van der Waals surface area contributed by atoms with Crippen molar-refractivity contribution in [2.75, 3.05) is 13.2 Å². The molecule has 0 bridgehead atoms. The molecule has 1 fully saturated rings. The molecule has 2 aromatic rings. The van der Waals surface area contributed by atoms with Crippen molar-refractivity contribution in [3.05, 3.63) is 59.7 Å². The molecule has 0 spiro atoms. The molecule has 3 nitrogen and oxygen atoms in total. The number of hydrogen-bond acceptors (Lipinski definition) is 3. The van der Waals surface area contributed by atoms with Crippen molar-refractivity contribution in [3.8, 4) is 11.5 Å². The van der Waals surface area contributed by atoms with Crippen LogP contribution in [0.2, 0.25) is 0 Å². The van der Waals surface area contributed by atoms with Gasteiger partial charge in [0.25, 0.3) is 0 Å². The Bertz CT molecular complexity index is 713. The minimum Gasteiger partial charge on any atom is -0.491 e. The first-order chi connectivity index (χ1) is 14.7. The van der Waals surface area contributed by atoms with Gasteiger partial charge in [-0.3, -0.25) is 0 Å². The van der Waals surface area contributed by atoms with Gasteiger partial charge in [0.1, 0.15) is 18.1 Å². The first-order valence-corrected chi connectivity index (χ1v) is 11.8. The van der Waals surface area contributed by atoms with Crippen LogP contribution in [0.15, 0.2) is 48.5 Å². The fourth-order valence-corrected chi connectivity index (χ4v) is 4.45. The zero-order chi connectivity index (χ0) is 21.2. The molecule has 0 aliphatic heterocycles. The molecule has 3 heteroatoms. The summed E-state index contributed by atoms with van der Waals surface area (Å²) in [6, 6.07) is 17.0. The molecule has 0 saturated heterocycles. The summed E-state index contributed by atoms with van der Waals surface area (Å²) in [5.41, 5.74) is 2.83. The lowest BCUT2D eigenvalue weighted by molar-refractivity contribution is -0.0739. The van der Waals surface area contributed by atoms with Gasteiger partial charge in [0, 0.05) is 0 Å². The van der Waals surface area contributed by atoms with E-state index in [2.05, 4.69) is 50.2 Å². The van der Waals surface area contributed by atoms with Crippen LogP contribution in [0.3, 0.4) is 0 Å². The fraction of sp³-hybridized carbons (Fsp3) is 0.556. The van der Waals surface area contributed by atoms with Gasteiger partial charge >= 0.3 is 0 Å². The quantitative estimate of drug-likeness (QED) is 0.284. The van der Waals surface area contributed by atoms with Gasteiger partial charge in [-0.05, 0) is 79.8 Å². The van der Waals surface area contributed by atoms with Gasteiger partial charge in [0.15, 0.2) is 6.29 Å². The molecule has 0 N–H and O–H groups in total. The van der Waals surface area contributed by atoms with Crippen LogP contribution >= 0.6 is 0 Å². The Hall–Kier alpha value is -2.00. The van der Waals surface area contributed by atoms with E-state index in [9.17, 15) is 0 Å². The van der Waals surface area contributed by atoms with Gasteiger partial charge in [-0.1, -0.05) is 57.4 Å². The van der Waals surface area contributed by atoms with E-state index < -0.39 is 0 Å². The van der Waals surface area contributed by atoms with Gasteiger partial charge in [0.2, 0.25) is 0 Å². The molecular formula is C27H38O3. The maximum atomic E-state index is 5.87. The predicted octanol–water partition coefficient (Wildman–Crippen LogP) is 7.46. The zero-order valence-corrected chi connectivity index (χ0v) is 18.9. The molecule has 2 aromatic carbocycles. The summed E-state index contributed by atoms with van der Waals surface area (Å²) in [7, 11) is 0. The fourth-order valence-electron chi connectivity index (χ4n) is 4.45. The minimum absolute atomic E-state index is 0.304. The van der Waals surface area contributed by atoms with Crippen molar-refractivity contribution in [2.24, 2.45) is 0 Å². The third kappa shape index (κ3) is 6.77. The monoisotopic (exact) mass is 410 g/mol. The minimum atomic E-state index is -0.304. The average Bonchev–Trinajstić information content (AvgIpc) is 2.80. The summed E-state index contributed by atoms with van der Waals surface area (Å²) >= 11 is 0. The molecule has 1 atom stereocenters. The van der Waals surface area contributed by atoms with Crippen molar-refractivity contribution in [2.45, 2.75) is 83.8 Å². The topological polar surface area (TPSA) is 27.7 Å². The summed E-state index contributed by atoms with van der Waals surface area (Å²) in [4.78, 5) is 0. The van der Waals surface area contributed by atoms with E-state index in [1.54, 1.807) is 0 Å². The van der Waals surface area contributed by atoms with Crippen LogP contribution in [-0.4, -0.2) is 19.5 Å². The van der Waals surface area contributed by atoms with Crippen LogP contribution in [-0.2, 0) is 4.74 Å². The molecule has 1 unspecified atom stereocenters. The largest absolute Gasteiger partial charge is 0.491 e. The summed E-state index contributed by atoms with van der Waals surface area (Å²) in [6.45, 7) is 7.42. The van der Waals surface area contributed by atoms with Crippen LogP contribution in [0, 0.1) is 0 Å². The maximum absolute atomic E-state index is 5.87. The molecule has 30 heavy (non-hydrogen) atoms. The highest BCUT2D eigenvalue weighted by Crippen LogP contribution is 2.33. The first-order valence-electron chi connectivity index (χ1n) is 11.8. The van der Waals surface area contributed by atoms with E-state index in [0.29, 0.717) is 19.1 Å². The number of hydrogen-bond donors (Lipinski definition) is 0. The Morgan fingerprint density at radius 1 is 0.800 bits per heavy atom. The van der Waals surface area contributed by atoms with Crippen LogP contribution in [0.4, 0.5) is 0 Å². The number of benzene rings is 2. The lowest BCUT2D eigenvalue weighted by Gasteiger charge is -2.22. The van der Waals surface area contributed by atoms with E-state index >= 15 is 0 Å². The summed E-state index contributed by atoms with van der Waals surface area (Å²) < 4.78 is 17.5. The Morgan fingerprint density at radius 3 is 2.07 bits per heavy atom. The second-order valence-corrected chi connectivity index (χ2v) is 8.39. The van der Waals surface area contributed by atoms with Gasteiger partial charge in [-0.15, -0.1) is 0 Å². The van der Waals surface area contributed by atoms with Crippen LogP contribution in [0.5, 0.6) is 11.5 Å². The second-order valence-electron chi connectivity index (χ2n) is 8.39.